The van der Waals surface area contributed by atoms with Crippen LogP contribution in [-0.2, 0) is 19.0 Å². The van der Waals surface area contributed by atoms with Crippen molar-refractivity contribution >= 4 is 35.7 Å². The predicted octanol–water partition coefficient (Wildman–Crippen LogP) is 4.30. The SMILES string of the molecule is C=C(COC(C)=O)COc1cc(Cl)nc(N(C(=O)OC(C)(C)C)C(=O)OC(C)(C)C)n1. The summed E-state index contributed by atoms with van der Waals surface area (Å²) in [4.78, 5) is 44.8. The second kappa shape index (κ2) is 10.4. The summed E-state index contributed by atoms with van der Waals surface area (Å²) in [5.74, 6) is -0.897. The largest absolute Gasteiger partial charge is 0.473 e. The van der Waals surface area contributed by atoms with Crippen molar-refractivity contribution in [1.82, 2.24) is 9.97 Å². The topological polar surface area (TPSA) is 117 Å². The van der Waals surface area contributed by atoms with Gasteiger partial charge in [-0.25, -0.2) is 9.59 Å². The monoisotopic (exact) mass is 457 g/mol. The van der Waals surface area contributed by atoms with Crippen molar-refractivity contribution in [2.75, 3.05) is 18.1 Å². The summed E-state index contributed by atoms with van der Waals surface area (Å²) in [6.45, 7) is 14.7. The number of rotatable bonds is 6. The van der Waals surface area contributed by atoms with Crippen LogP contribution in [0.1, 0.15) is 48.5 Å². The van der Waals surface area contributed by atoms with Crippen molar-refractivity contribution in [3.05, 3.63) is 23.4 Å². The van der Waals surface area contributed by atoms with Gasteiger partial charge >= 0.3 is 18.2 Å². The maximum absolute atomic E-state index is 12.7. The van der Waals surface area contributed by atoms with Gasteiger partial charge in [0.2, 0.25) is 11.8 Å². The highest BCUT2D eigenvalue weighted by Gasteiger charge is 2.35. The van der Waals surface area contributed by atoms with E-state index in [1.165, 1.54) is 13.0 Å². The van der Waals surface area contributed by atoms with E-state index < -0.39 is 35.3 Å². The molecule has 172 valence electrons. The number of nitrogens with zero attached hydrogens (tertiary/aromatic N) is 3. The number of hydrogen-bond acceptors (Lipinski definition) is 9. The van der Waals surface area contributed by atoms with E-state index in [-0.39, 0.29) is 24.2 Å². The summed E-state index contributed by atoms with van der Waals surface area (Å²) in [7, 11) is 0. The lowest BCUT2D eigenvalue weighted by Gasteiger charge is -2.27. The molecule has 10 nitrogen and oxygen atoms in total. The van der Waals surface area contributed by atoms with Crippen molar-refractivity contribution in [1.29, 1.82) is 0 Å². The second-order valence-electron chi connectivity index (χ2n) is 8.44. The molecule has 0 bridgehead atoms. The number of aromatic nitrogens is 2. The molecule has 0 aliphatic rings. The fraction of sp³-hybridized carbons (Fsp3) is 0.550. The minimum atomic E-state index is -1.05. The maximum Gasteiger partial charge on any atom is 0.427 e. The molecule has 1 rings (SSSR count). The molecule has 1 aromatic heterocycles. The Morgan fingerprint density at radius 3 is 1.97 bits per heavy atom. The van der Waals surface area contributed by atoms with Gasteiger partial charge in [0, 0.05) is 13.0 Å². The van der Waals surface area contributed by atoms with E-state index in [1.54, 1.807) is 41.5 Å². The molecule has 31 heavy (non-hydrogen) atoms. The molecule has 1 heterocycles. The van der Waals surface area contributed by atoms with Crippen LogP contribution in [0.25, 0.3) is 0 Å². The number of imide groups is 1. The first-order valence-corrected chi connectivity index (χ1v) is 9.68. The Morgan fingerprint density at radius 2 is 1.52 bits per heavy atom. The van der Waals surface area contributed by atoms with E-state index in [0.717, 1.165) is 0 Å². The molecule has 2 amide bonds. The molecular weight excluding hydrogens is 430 g/mol. The highest BCUT2D eigenvalue weighted by molar-refractivity contribution is 6.29. The minimum absolute atomic E-state index is 0.0387. The average Bonchev–Trinajstić information content (AvgIpc) is 2.54. The van der Waals surface area contributed by atoms with E-state index in [4.69, 9.17) is 30.5 Å². The Bertz CT molecular complexity index is 816. The van der Waals surface area contributed by atoms with E-state index in [2.05, 4.69) is 16.5 Å². The predicted molar refractivity (Wildman–Crippen MR) is 113 cm³/mol. The Labute approximate surface area is 186 Å². The lowest BCUT2D eigenvalue weighted by atomic mass is 10.2. The minimum Gasteiger partial charge on any atom is -0.473 e. The molecule has 0 spiro atoms. The van der Waals surface area contributed by atoms with E-state index in [0.29, 0.717) is 10.5 Å². The van der Waals surface area contributed by atoms with E-state index in [9.17, 15) is 14.4 Å². The third-order valence-corrected chi connectivity index (χ3v) is 3.11. The van der Waals surface area contributed by atoms with Gasteiger partial charge in [-0.2, -0.15) is 9.97 Å². The van der Waals surface area contributed by atoms with Crippen LogP contribution < -0.4 is 9.64 Å². The van der Waals surface area contributed by atoms with Gasteiger partial charge in [0.25, 0.3) is 0 Å². The number of hydrogen-bond donors (Lipinski definition) is 0. The zero-order chi connectivity index (χ0) is 24.0. The Kier molecular flexibility index (Phi) is 8.80. The Balaban J connectivity index is 3.17. The second-order valence-corrected chi connectivity index (χ2v) is 8.83. The molecule has 0 fully saturated rings. The molecule has 1 aromatic rings. The molecule has 0 atom stereocenters. The summed E-state index contributed by atoms with van der Waals surface area (Å²) >= 11 is 6.03. The Hall–Kier alpha value is -2.88. The normalized spacial score (nSPS) is 11.4. The standard InChI is InChI=1S/C20H28ClN3O7/c1-12(10-28-13(2)25)11-29-15-9-14(21)22-16(23-15)24(17(26)30-19(3,4)5)18(27)31-20(6,7)8/h9H,1,10-11H2,2-8H3. The van der Waals surface area contributed by atoms with Gasteiger partial charge in [-0.3, -0.25) is 4.79 Å². The lowest BCUT2D eigenvalue weighted by Crippen LogP contribution is -2.44. The lowest BCUT2D eigenvalue weighted by molar-refractivity contribution is -0.140. The summed E-state index contributed by atoms with van der Waals surface area (Å²) in [6.07, 6.45) is -2.09. The summed E-state index contributed by atoms with van der Waals surface area (Å²) < 4.78 is 20.9. The first-order chi connectivity index (χ1) is 14.1. The van der Waals surface area contributed by atoms with Gasteiger partial charge in [-0.1, -0.05) is 18.2 Å². The van der Waals surface area contributed by atoms with Crippen LogP contribution in [0.15, 0.2) is 18.2 Å². The zero-order valence-electron chi connectivity index (χ0n) is 18.8. The number of amides is 2. The fourth-order valence-electron chi connectivity index (χ4n) is 1.83. The van der Waals surface area contributed by atoms with E-state index >= 15 is 0 Å². The summed E-state index contributed by atoms with van der Waals surface area (Å²) in [6, 6.07) is 1.28. The molecule has 11 heteroatoms. The fourth-order valence-corrected chi connectivity index (χ4v) is 2.00. The third kappa shape index (κ3) is 10.1. The average molecular weight is 458 g/mol. The van der Waals surface area contributed by atoms with Crippen molar-refractivity contribution < 1.29 is 33.3 Å². The molecule has 0 unspecified atom stereocenters. The first-order valence-electron chi connectivity index (χ1n) is 9.31. The van der Waals surface area contributed by atoms with Crippen LogP contribution in [-0.4, -0.2) is 52.5 Å². The summed E-state index contributed by atoms with van der Waals surface area (Å²) in [5, 5.41) is -0.0947. The van der Waals surface area contributed by atoms with Gasteiger partial charge in [0.15, 0.2) is 0 Å². The van der Waals surface area contributed by atoms with Gasteiger partial charge in [-0.15, -0.1) is 4.90 Å². The number of halogens is 1. The number of ether oxygens (including phenoxy) is 4. The third-order valence-electron chi connectivity index (χ3n) is 2.92. The highest BCUT2D eigenvalue weighted by atomic mass is 35.5. The van der Waals surface area contributed by atoms with Crippen LogP contribution in [0.2, 0.25) is 5.15 Å². The molecular formula is C20H28ClN3O7. The number of anilines is 1. The Morgan fingerprint density at radius 1 is 1.00 bits per heavy atom. The van der Waals surface area contributed by atoms with Crippen LogP contribution in [0.3, 0.4) is 0 Å². The molecule has 0 saturated heterocycles. The van der Waals surface area contributed by atoms with E-state index in [1.807, 2.05) is 0 Å². The van der Waals surface area contributed by atoms with Crippen molar-refractivity contribution in [2.45, 2.75) is 59.7 Å². The van der Waals surface area contributed by atoms with Crippen LogP contribution in [0, 0.1) is 0 Å². The number of carbonyl (C=O) groups is 3. The number of esters is 1. The van der Waals surface area contributed by atoms with Gasteiger partial charge in [0.1, 0.15) is 29.6 Å². The van der Waals surface area contributed by atoms with Crippen LogP contribution in [0.5, 0.6) is 5.88 Å². The first kappa shape index (κ1) is 26.2. The van der Waals surface area contributed by atoms with Crippen molar-refractivity contribution in [3.8, 4) is 5.88 Å². The molecule has 0 N–H and O–H groups in total. The highest BCUT2D eigenvalue weighted by Crippen LogP contribution is 2.23. The zero-order valence-corrected chi connectivity index (χ0v) is 19.5. The quantitative estimate of drug-likeness (QED) is 0.266. The molecule has 0 aliphatic heterocycles. The van der Waals surface area contributed by atoms with Crippen LogP contribution in [0.4, 0.5) is 15.5 Å². The van der Waals surface area contributed by atoms with Crippen molar-refractivity contribution in [2.24, 2.45) is 0 Å². The summed E-state index contributed by atoms with van der Waals surface area (Å²) in [5.41, 5.74) is -1.35. The molecule has 0 radical (unpaired) electrons. The van der Waals surface area contributed by atoms with Gasteiger partial charge in [-0.05, 0) is 47.1 Å². The molecule has 0 saturated carbocycles. The molecule has 0 aromatic carbocycles. The van der Waals surface area contributed by atoms with Crippen molar-refractivity contribution in [3.63, 3.8) is 0 Å². The van der Waals surface area contributed by atoms with Crippen LogP contribution >= 0.6 is 11.6 Å². The van der Waals surface area contributed by atoms with Gasteiger partial charge in [0.05, 0.1) is 0 Å². The van der Waals surface area contributed by atoms with Gasteiger partial charge < -0.3 is 18.9 Å². The number of carbonyl (C=O) groups excluding carboxylic acids is 3. The maximum atomic E-state index is 12.7. The smallest absolute Gasteiger partial charge is 0.427 e. The molecule has 0 aliphatic carbocycles.